The Kier molecular flexibility index (Phi) is 7.92. The Hall–Kier alpha value is -0.0400. The van der Waals surface area contributed by atoms with Crippen LogP contribution >= 0.6 is 0 Å². The lowest BCUT2D eigenvalue weighted by Gasteiger charge is -1.70. The van der Waals surface area contributed by atoms with Crippen LogP contribution in [0.3, 0.4) is 0 Å². The van der Waals surface area contributed by atoms with E-state index in [1.165, 1.54) is 32.1 Å². The first-order valence-electron chi connectivity index (χ1n) is 4.12. The molecule has 0 aliphatic heterocycles. The van der Waals surface area contributed by atoms with Crippen LogP contribution in [0.15, 0.2) is 0 Å². The highest BCUT2D eigenvalue weighted by atomic mass is 14.5. The van der Waals surface area contributed by atoms with E-state index in [0.717, 1.165) is 13.0 Å². The maximum Gasteiger partial charge on any atom is -0.00799 e. The van der Waals surface area contributed by atoms with Gasteiger partial charge in [-0.15, -0.1) is 0 Å². The van der Waals surface area contributed by atoms with Gasteiger partial charge in [0, 0.05) is 0 Å². The Labute approximate surface area is 58.6 Å². The van der Waals surface area contributed by atoms with E-state index in [-0.39, 0.29) is 0 Å². The maximum absolute atomic E-state index is 5.03. The van der Waals surface area contributed by atoms with E-state index in [1.807, 2.05) is 0 Å². The minimum absolute atomic E-state index is 0.819. The molecule has 56 valence electrons. The molecule has 0 aromatic rings. The summed E-state index contributed by atoms with van der Waals surface area (Å²) in [5.74, 6) is 0. The van der Waals surface area contributed by atoms with E-state index in [4.69, 9.17) is 5.73 Å². The first-order valence-corrected chi connectivity index (χ1v) is 4.12. The van der Waals surface area contributed by atoms with E-state index >= 15 is 0 Å². The molecular formula is C8H19N. The lowest BCUT2D eigenvalue weighted by molar-refractivity contribution is 0.886. The molecule has 1 heteroatoms. The summed E-state index contributed by atoms with van der Waals surface area (Å²) in [6, 6.07) is 0. The van der Waals surface area contributed by atoms with Gasteiger partial charge in [0.15, 0.2) is 0 Å². The molecule has 0 spiro atoms. The molecule has 1 aliphatic rings. The van der Waals surface area contributed by atoms with Crippen LogP contribution in [-0.4, -0.2) is 6.54 Å². The highest BCUT2D eigenvalue weighted by Crippen LogP contribution is 2.15. The molecule has 1 nitrogen and oxygen atoms in total. The highest BCUT2D eigenvalue weighted by Gasteiger charge is 1.95. The van der Waals surface area contributed by atoms with Crippen molar-refractivity contribution in [2.24, 2.45) is 5.73 Å². The van der Waals surface area contributed by atoms with E-state index in [0.29, 0.717) is 0 Å². The molecule has 0 aromatic carbocycles. The molecule has 0 amide bonds. The zero-order chi connectivity index (χ0) is 6.95. The van der Waals surface area contributed by atoms with Crippen molar-refractivity contribution >= 4 is 0 Å². The van der Waals surface area contributed by atoms with Gasteiger partial charge in [-0.05, 0) is 13.0 Å². The van der Waals surface area contributed by atoms with E-state index < -0.39 is 0 Å². The minimum Gasteiger partial charge on any atom is -0.330 e. The summed E-state index contributed by atoms with van der Waals surface area (Å²) in [6.45, 7) is 2.88. The maximum atomic E-state index is 5.03. The van der Waals surface area contributed by atoms with Crippen LogP contribution < -0.4 is 5.73 Å². The number of hydrogen-bond acceptors (Lipinski definition) is 1. The van der Waals surface area contributed by atoms with Crippen LogP contribution in [0.4, 0.5) is 0 Å². The Bertz CT molecular complexity index is 30.2. The molecule has 1 saturated carbocycles. The minimum atomic E-state index is 0.819. The van der Waals surface area contributed by atoms with E-state index in [9.17, 15) is 0 Å². The van der Waals surface area contributed by atoms with Crippen molar-refractivity contribution in [2.45, 2.75) is 45.4 Å². The summed E-state index contributed by atoms with van der Waals surface area (Å²) >= 11 is 0. The van der Waals surface area contributed by atoms with Gasteiger partial charge in [-0.1, -0.05) is 39.0 Å². The fourth-order valence-corrected chi connectivity index (χ4v) is 0.884. The molecule has 0 aromatic heterocycles. The van der Waals surface area contributed by atoms with Crippen LogP contribution in [0.2, 0.25) is 0 Å². The third-order valence-electron chi connectivity index (χ3n) is 1.54. The lowest BCUT2D eigenvalue weighted by Crippen LogP contribution is -1.93. The smallest absolute Gasteiger partial charge is 0.00799 e. The number of nitrogens with two attached hydrogens (primary N) is 1. The van der Waals surface area contributed by atoms with Gasteiger partial charge in [-0.25, -0.2) is 0 Å². The molecule has 1 fully saturated rings. The summed E-state index contributed by atoms with van der Waals surface area (Å²) in [7, 11) is 0. The molecule has 0 unspecified atom stereocenters. The fourth-order valence-electron chi connectivity index (χ4n) is 0.884. The fraction of sp³-hybridized carbons (Fsp3) is 1.00. The van der Waals surface area contributed by atoms with Crippen molar-refractivity contribution < 1.29 is 0 Å². The van der Waals surface area contributed by atoms with Gasteiger partial charge >= 0.3 is 0 Å². The Morgan fingerprint density at radius 2 is 1.22 bits per heavy atom. The van der Waals surface area contributed by atoms with Crippen molar-refractivity contribution in [2.75, 3.05) is 6.54 Å². The topological polar surface area (TPSA) is 26.0 Å². The van der Waals surface area contributed by atoms with Gasteiger partial charge in [0.25, 0.3) is 0 Å². The molecule has 0 radical (unpaired) electrons. The Balaban J connectivity index is 0.000000148. The standard InChI is InChI=1S/C5H10.C3H9N/c1-2-4-5-3-1;1-2-3-4/h1-5H2;2-4H2,1H3. The van der Waals surface area contributed by atoms with Crippen molar-refractivity contribution in [3.8, 4) is 0 Å². The van der Waals surface area contributed by atoms with Crippen LogP contribution in [0.25, 0.3) is 0 Å². The van der Waals surface area contributed by atoms with E-state index in [1.54, 1.807) is 0 Å². The largest absolute Gasteiger partial charge is 0.330 e. The van der Waals surface area contributed by atoms with Crippen molar-refractivity contribution in [3.63, 3.8) is 0 Å². The van der Waals surface area contributed by atoms with Gasteiger partial charge in [-0.3, -0.25) is 0 Å². The molecule has 0 atom stereocenters. The van der Waals surface area contributed by atoms with Crippen LogP contribution in [0.5, 0.6) is 0 Å². The summed E-state index contributed by atoms with van der Waals surface area (Å²) in [4.78, 5) is 0. The first kappa shape index (κ1) is 8.96. The molecule has 0 heterocycles. The second-order valence-electron chi connectivity index (χ2n) is 2.56. The zero-order valence-electron chi connectivity index (χ0n) is 6.53. The predicted octanol–water partition coefficient (Wildman–Crippen LogP) is 2.31. The summed E-state index contributed by atoms with van der Waals surface area (Å²) < 4.78 is 0. The molecule has 1 rings (SSSR count). The second-order valence-corrected chi connectivity index (χ2v) is 2.56. The molecule has 0 bridgehead atoms. The van der Waals surface area contributed by atoms with Crippen molar-refractivity contribution in [3.05, 3.63) is 0 Å². The predicted molar refractivity (Wildman–Crippen MR) is 42.4 cm³/mol. The highest BCUT2D eigenvalue weighted by molar-refractivity contribution is 4.51. The van der Waals surface area contributed by atoms with Crippen molar-refractivity contribution in [1.29, 1.82) is 0 Å². The number of hydrogen-bond donors (Lipinski definition) is 1. The van der Waals surface area contributed by atoms with Crippen LogP contribution in [0.1, 0.15) is 45.4 Å². The van der Waals surface area contributed by atoms with E-state index in [2.05, 4.69) is 6.92 Å². The third-order valence-corrected chi connectivity index (χ3v) is 1.54. The van der Waals surface area contributed by atoms with Gasteiger partial charge in [-0.2, -0.15) is 0 Å². The van der Waals surface area contributed by atoms with Crippen LogP contribution in [0, 0.1) is 0 Å². The second kappa shape index (κ2) is 7.96. The Morgan fingerprint density at radius 1 is 1.00 bits per heavy atom. The summed E-state index contributed by atoms with van der Waals surface area (Å²) in [5, 5.41) is 0. The average Bonchev–Trinajstić information content (AvgIpc) is 2.43. The van der Waals surface area contributed by atoms with Gasteiger partial charge < -0.3 is 5.73 Å². The molecule has 2 N–H and O–H groups in total. The zero-order valence-corrected chi connectivity index (χ0v) is 6.53. The Morgan fingerprint density at radius 3 is 1.33 bits per heavy atom. The molecule has 1 aliphatic carbocycles. The third kappa shape index (κ3) is 7.96. The lowest BCUT2D eigenvalue weighted by atomic mass is 10.4. The van der Waals surface area contributed by atoms with Gasteiger partial charge in [0.05, 0.1) is 0 Å². The summed E-state index contributed by atoms with van der Waals surface area (Å²) in [5.41, 5.74) is 5.03. The quantitative estimate of drug-likeness (QED) is 0.577. The van der Waals surface area contributed by atoms with Crippen molar-refractivity contribution in [1.82, 2.24) is 0 Å². The first-order chi connectivity index (χ1) is 4.41. The van der Waals surface area contributed by atoms with Gasteiger partial charge in [0.1, 0.15) is 0 Å². The molecular weight excluding hydrogens is 110 g/mol. The number of rotatable bonds is 1. The monoisotopic (exact) mass is 129 g/mol. The molecule has 9 heavy (non-hydrogen) atoms. The van der Waals surface area contributed by atoms with Crippen LogP contribution in [-0.2, 0) is 0 Å². The normalized spacial score (nSPS) is 16.7. The van der Waals surface area contributed by atoms with Gasteiger partial charge in [0.2, 0.25) is 0 Å². The average molecular weight is 129 g/mol. The summed E-state index contributed by atoms with van der Waals surface area (Å²) in [6.07, 6.45) is 8.60. The molecule has 0 saturated heterocycles. The SMILES string of the molecule is C1CCCC1.CCCN.